The smallest absolute Gasteiger partial charge is 0.406 e. The van der Waals surface area contributed by atoms with Gasteiger partial charge in [-0.05, 0) is 22.0 Å². The molecule has 0 saturated heterocycles. The number of pyridine rings is 1. The van der Waals surface area contributed by atoms with Crippen molar-refractivity contribution in [1.82, 2.24) is 10.6 Å². The number of hydrazine groups is 1. The van der Waals surface area contributed by atoms with Crippen LogP contribution in [0.15, 0.2) is 12.1 Å². The molecule has 0 amide bonds. The summed E-state index contributed by atoms with van der Waals surface area (Å²) in [4.78, 5) is 28.9. The van der Waals surface area contributed by atoms with Crippen molar-refractivity contribution >= 4 is 11.8 Å². The highest BCUT2D eigenvalue weighted by molar-refractivity contribution is 5.69. The summed E-state index contributed by atoms with van der Waals surface area (Å²) in [5, 5.41) is 10.7. The maximum atomic E-state index is 10.9. The van der Waals surface area contributed by atoms with Crippen LogP contribution in [0.2, 0.25) is 0 Å². The second-order valence-corrected chi connectivity index (χ2v) is 3.22. The number of hydrogen-bond donors (Lipinski definition) is 2. The standard InChI is InChI=1S/C9H12N4O5/c1-6-2-3-7(9(11-6)13(15)16)17-5-4-8(14)18-12-10/h2-3,12H,4-5,10H2,1H3. The Bertz CT molecular complexity index is 451. The van der Waals surface area contributed by atoms with E-state index in [1.165, 1.54) is 6.07 Å². The summed E-state index contributed by atoms with van der Waals surface area (Å²) in [6.45, 7) is 1.55. The van der Waals surface area contributed by atoms with E-state index >= 15 is 0 Å². The minimum atomic E-state index is -0.651. The van der Waals surface area contributed by atoms with Gasteiger partial charge in [0.2, 0.25) is 5.75 Å². The van der Waals surface area contributed by atoms with Gasteiger partial charge in [0.05, 0.1) is 13.0 Å². The zero-order chi connectivity index (χ0) is 13.5. The Morgan fingerprint density at radius 3 is 2.94 bits per heavy atom. The van der Waals surface area contributed by atoms with Gasteiger partial charge in [-0.3, -0.25) is 4.79 Å². The average Bonchev–Trinajstić information content (AvgIpc) is 2.31. The lowest BCUT2D eigenvalue weighted by Gasteiger charge is -2.05. The third kappa shape index (κ3) is 3.96. The van der Waals surface area contributed by atoms with Gasteiger partial charge in [-0.2, -0.15) is 0 Å². The van der Waals surface area contributed by atoms with Gasteiger partial charge in [0.15, 0.2) is 0 Å². The Balaban J connectivity index is 2.62. The number of ether oxygens (including phenoxy) is 1. The summed E-state index contributed by atoms with van der Waals surface area (Å²) in [5.74, 6) is 3.73. The Labute approximate surface area is 102 Å². The molecule has 0 aromatic carbocycles. The predicted octanol–water partition coefficient (Wildman–Crippen LogP) is -0.0114. The maximum absolute atomic E-state index is 10.9. The number of nitrogens with one attached hydrogen (secondary N) is 1. The second kappa shape index (κ2) is 6.47. The normalized spacial score (nSPS) is 9.89. The summed E-state index contributed by atoms with van der Waals surface area (Å²) >= 11 is 0. The quantitative estimate of drug-likeness (QED) is 0.413. The lowest BCUT2D eigenvalue weighted by atomic mass is 10.3. The fourth-order valence-electron chi connectivity index (χ4n) is 1.13. The molecule has 0 aliphatic carbocycles. The number of aromatic nitrogens is 1. The predicted molar refractivity (Wildman–Crippen MR) is 59.2 cm³/mol. The number of nitrogens with zero attached hydrogens (tertiary/aromatic N) is 2. The molecule has 9 heteroatoms. The number of hydrogen-bond acceptors (Lipinski definition) is 8. The molecule has 0 unspecified atom stereocenters. The van der Waals surface area contributed by atoms with Crippen molar-refractivity contribution in [3.05, 3.63) is 27.9 Å². The molecule has 0 bridgehead atoms. The first-order valence-corrected chi connectivity index (χ1v) is 4.94. The van der Waals surface area contributed by atoms with Crippen LogP contribution in [0.4, 0.5) is 5.82 Å². The highest BCUT2D eigenvalue weighted by Crippen LogP contribution is 2.24. The molecule has 0 aliphatic heterocycles. The highest BCUT2D eigenvalue weighted by atomic mass is 16.7. The van der Waals surface area contributed by atoms with Gasteiger partial charge >= 0.3 is 11.8 Å². The molecular formula is C9H12N4O5. The first-order valence-electron chi connectivity index (χ1n) is 4.94. The van der Waals surface area contributed by atoms with Crippen molar-refractivity contribution in [2.75, 3.05) is 6.61 Å². The average molecular weight is 256 g/mol. The Morgan fingerprint density at radius 2 is 2.33 bits per heavy atom. The van der Waals surface area contributed by atoms with Crippen LogP contribution in [0.1, 0.15) is 12.1 Å². The van der Waals surface area contributed by atoms with E-state index in [9.17, 15) is 14.9 Å². The number of nitro groups is 1. The van der Waals surface area contributed by atoms with Crippen molar-refractivity contribution in [1.29, 1.82) is 0 Å². The molecule has 0 atom stereocenters. The number of nitrogens with two attached hydrogens (primary N) is 1. The van der Waals surface area contributed by atoms with Crippen LogP contribution >= 0.6 is 0 Å². The number of rotatable bonds is 6. The lowest BCUT2D eigenvalue weighted by Crippen LogP contribution is -2.27. The minimum Gasteiger partial charge on any atom is -0.485 e. The highest BCUT2D eigenvalue weighted by Gasteiger charge is 2.17. The van der Waals surface area contributed by atoms with Crippen LogP contribution in [0, 0.1) is 17.0 Å². The Morgan fingerprint density at radius 1 is 1.61 bits per heavy atom. The van der Waals surface area contributed by atoms with Crippen LogP contribution in [0.5, 0.6) is 5.75 Å². The van der Waals surface area contributed by atoms with E-state index in [-0.39, 0.29) is 24.6 Å². The van der Waals surface area contributed by atoms with Gasteiger partial charge in [-0.15, -0.1) is 0 Å². The molecule has 1 aromatic heterocycles. The third-order valence-corrected chi connectivity index (χ3v) is 1.89. The SMILES string of the molecule is Cc1ccc(OCCC(=O)ONN)c([N+](=O)[O-])n1. The molecule has 1 rings (SSSR count). The second-order valence-electron chi connectivity index (χ2n) is 3.22. The van der Waals surface area contributed by atoms with Crippen LogP contribution in [-0.2, 0) is 9.63 Å². The molecule has 0 aliphatic rings. The number of carbonyl (C=O) groups is 1. The number of aryl methyl sites for hydroxylation is 1. The van der Waals surface area contributed by atoms with Gasteiger partial charge in [0.1, 0.15) is 5.69 Å². The van der Waals surface area contributed by atoms with Gasteiger partial charge in [-0.1, -0.05) is 5.59 Å². The van der Waals surface area contributed by atoms with Gasteiger partial charge in [-0.25, -0.2) is 5.84 Å². The monoisotopic (exact) mass is 256 g/mol. The lowest BCUT2D eigenvalue weighted by molar-refractivity contribution is -0.390. The molecule has 1 aromatic rings. The first kappa shape index (κ1) is 13.8. The molecule has 18 heavy (non-hydrogen) atoms. The molecule has 3 N–H and O–H groups in total. The van der Waals surface area contributed by atoms with E-state index in [0.717, 1.165) is 0 Å². The molecule has 0 spiro atoms. The fraction of sp³-hybridized carbons (Fsp3) is 0.333. The Hall–Kier alpha value is -2.26. The van der Waals surface area contributed by atoms with E-state index in [2.05, 4.69) is 9.82 Å². The Kier molecular flexibility index (Phi) is 4.96. The summed E-state index contributed by atoms with van der Waals surface area (Å²) in [5.41, 5.74) is 2.23. The van der Waals surface area contributed by atoms with Crippen molar-refractivity contribution in [3.63, 3.8) is 0 Å². The molecule has 0 saturated carbocycles. The van der Waals surface area contributed by atoms with Crippen molar-refractivity contribution in [3.8, 4) is 5.75 Å². The molecule has 1 heterocycles. The van der Waals surface area contributed by atoms with E-state index in [1.807, 2.05) is 0 Å². The van der Waals surface area contributed by atoms with Gasteiger partial charge in [0, 0.05) is 6.92 Å². The van der Waals surface area contributed by atoms with Crippen LogP contribution < -0.4 is 16.2 Å². The van der Waals surface area contributed by atoms with Crippen LogP contribution in [0.3, 0.4) is 0 Å². The van der Waals surface area contributed by atoms with Crippen molar-refractivity contribution < 1.29 is 19.3 Å². The first-order chi connectivity index (χ1) is 8.54. The van der Waals surface area contributed by atoms with Gasteiger partial charge in [0.25, 0.3) is 0 Å². The largest absolute Gasteiger partial charge is 0.485 e. The van der Waals surface area contributed by atoms with Crippen molar-refractivity contribution in [2.24, 2.45) is 5.84 Å². The molecular weight excluding hydrogens is 244 g/mol. The van der Waals surface area contributed by atoms with Gasteiger partial charge < -0.3 is 19.7 Å². The van der Waals surface area contributed by atoms with Crippen LogP contribution in [0.25, 0.3) is 0 Å². The minimum absolute atomic E-state index is 0.000826. The summed E-state index contributed by atoms with van der Waals surface area (Å²) in [6.07, 6.45) is -0.102. The fourth-order valence-corrected chi connectivity index (χ4v) is 1.13. The molecule has 0 fully saturated rings. The maximum Gasteiger partial charge on any atom is 0.406 e. The van der Waals surface area contributed by atoms with E-state index in [0.29, 0.717) is 5.69 Å². The topological polar surface area (TPSA) is 130 Å². The van der Waals surface area contributed by atoms with E-state index in [4.69, 9.17) is 10.6 Å². The van der Waals surface area contributed by atoms with Crippen LogP contribution in [-0.4, -0.2) is 22.5 Å². The molecule has 9 nitrogen and oxygen atoms in total. The zero-order valence-electron chi connectivity index (χ0n) is 9.58. The van der Waals surface area contributed by atoms with E-state index < -0.39 is 10.9 Å². The molecule has 0 radical (unpaired) electrons. The van der Waals surface area contributed by atoms with Crippen molar-refractivity contribution in [2.45, 2.75) is 13.3 Å². The summed E-state index contributed by atoms with van der Waals surface area (Å²) in [7, 11) is 0. The number of carbonyl (C=O) groups excluding carboxylic acids is 1. The summed E-state index contributed by atoms with van der Waals surface area (Å²) in [6, 6.07) is 3.00. The zero-order valence-corrected chi connectivity index (χ0v) is 9.58. The third-order valence-electron chi connectivity index (χ3n) is 1.89. The summed E-state index contributed by atoms with van der Waals surface area (Å²) < 4.78 is 5.10. The molecule has 98 valence electrons. The van der Waals surface area contributed by atoms with E-state index in [1.54, 1.807) is 18.6 Å².